The number of nitrogens with zero attached hydrogens (tertiary/aromatic N) is 2. The lowest BCUT2D eigenvalue weighted by atomic mass is 10.1. The van der Waals surface area contributed by atoms with Gasteiger partial charge in [0.15, 0.2) is 0 Å². The lowest BCUT2D eigenvalue weighted by Gasteiger charge is -2.12. The summed E-state index contributed by atoms with van der Waals surface area (Å²) in [5.74, 6) is -0.0918. The standard InChI is InChI=1S/C19H26N4O/c1-14-6-7-15(2)18(10-14)22-17-11-16(12-20-13-17)19(24)21-8-5-9-23(3)4/h6-7,10-13,22H,5,8-9H2,1-4H3,(H,21,24). The van der Waals surface area contributed by atoms with Gasteiger partial charge in [-0.2, -0.15) is 0 Å². The molecule has 2 N–H and O–H groups in total. The van der Waals surface area contributed by atoms with E-state index >= 15 is 0 Å². The van der Waals surface area contributed by atoms with Crippen LogP contribution < -0.4 is 10.6 Å². The summed E-state index contributed by atoms with van der Waals surface area (Å²) in [7, 11) is 4.04. The van der Waals surface area contributed by atoms with Crippen LogP contribution in [-0.4, -0.2) is 43.0 Å². The third kappa shape index (κ3) is 5.35. The van der Waals surface area contributed by atoms with Crippen LogP contribution in [0.1, 0.15) is 27.9 Å². The molecule has 2 aromatic rings. The predicted molar refractivity (Wildman–Crippen MR) is 98.9 cm³/mol. The number of benzene rings is 1. The fourth-order valence-corrected chi connectivity index (χ4v) is 2.36. The highest BCUT2D eigenvalue weighted by Gasteiger charge is 2.07. The Morgan fingerprint density at radius 2 is 1.96 bits per heavy atom. The summed E-state index contributed by atoms with van der Waals surface area (Å²) in [5, 5.41) is 6.27. The highest BCUT2D eigenvalue weighted by Crippen LogP contribution is 2.21. The number of aromatic nitrogens is 1. The lowest BCUT2D eigenvalue weighted by Crippen LogP contribution is -2.27. The first-order chi connectivity index (χ1) is 11.5. The number of pyridine rings is 1. The van der Waals surface area contributed by atoms with Gasteiger partial charge in [-0.3, -0.25) is 9.78 Å². The van der Waals surface area contributed by atoms with E-state index in [0.29, 0.717) is 12.1 Å². The molecule has 24 heavy (non-hydrogen) atoms. The average Bonchev–Trinajstić information content (AvgIpc) is 2.55. The van der Waals surface area contributed by atoms with Crippen molar-refractivity contribution in [3.8, 4) is 0 Å². The van der Waals surface area contributed by atoms with Crippen LogP contribution in [0.25, 0.3) is 0 Å². The minimum absolute atomic E-state index is 0.0918. The van der Waals surface area contributed by atoms with Crippen molar-refractivity contribution >= 4 is 17.3 Å². The van der Waals surface area contributed by atoms with Gasteiger partial charge in [-0.05, 0) is 64.2 Å². The van der Waals surface area contributed by atoms with Crippen molar-refractivity contribution in [3.63, 3.8) is 0 Å². The molecule has 0 unspecified atom stereocenters. The van der Waals surface area contributed by atoms with E-state index in [1.165, 1.54) is 5.56 Å². The molecule has 1 heterocycles. The quantitative estimate of drug-likeness (QED) is 0.768. The zero-order valence-corrected chi connectivity index (χ0v) is 14.9. The predicted octanol–water partition coefficient (Wildman–Crippen LogP) is 3.12. The normalized spacial score (nSPS) is 10.7. The number of hydrogen-bond acceptors (Lipinski definition) is 4. The van der Waals surface area contributed by atoms with Crippen LogP contribution in [0.3, 0.4) is 0 Å². The number of aryl methyl sites for hydroxylation is 2. The minimum Gasteiger partial charge on any atom is -0.354 e. The van der Waals surface area contributed by atoms with E-state index in [2.05, 4.69) is 52.6 Å². The lowest BCUT2D eigenvalue weighted by molar-refractivity contribution is 0.0952. The third-order valence-electron chi connectivity index (χ3n) is 3.74. The van der Waals surface area contributed by atoms with Gasteiger partial charge >= 0.3 is 0 Å². The molecule has 0 aliphatic heterocycles. The monoisotopic (exact) mass is 326 g/mol. The fourth-order valence-electron chi connectivity index (χ4n) is 2.36. The number of rotatable bonds is 7. The van der Waals surface area contributed by atoms with E-state index in [-0.39, 0.29) is 5.91 Å². The van der Waals surface area contributed by atoms with Crippen molar-refractivity contribution in [3.05, 3.63) is 53.3 Å². The smallest absolute Gasteiger partial charge is 0.252 e. The second-order valence-electron chi connectivity index (χ2n) is 6.32. The van der Waals surface area contributed by atoms with Gasteiger partial charge in [0, 0.05) is 18.4 Å². The zero-order chi connectivity index (χ0) is 17.5. The molecule has 0 aliphatic rings. The van der Waals surface area contributed by atoms with Gasteiger partial charge in [0.1, 0.15) is 0 Å². The summed E-state index contributed by atoms with van der Waals surface area (Å²) in [4.78, 5) is 18.5. The van der Waals surface area contributed by atoms with Gasteiger partial charge in [-0.1, -0.05) is 12.1 Å². The summed E-state index contributed by atoms with van der Waals surface area (Å²) < 4.78 is 0. The van der Waals surface area contributed by atoms with Crippen LogP contribution in [0.4, 0.5) is 11.4 Å². The first-order valence-electron chi connectivity index (χ1n) is 8.18. The Morgan fingerprint density at radius 3 is 2.71 bits per heavy atom. The van der Waals surface area contributed by atoms with Gasteiger partial charge < -0.3 is 15.5 Å². The molecule has 2 rings (SSSR count). The molecule has 5 heteroatoms. The zero-order valence-electron chi connectivity index (χ0n) is 14.9. The summed E-state index contributed by atoms with van der Waals surface area (Å²) >= 11 is 0. The van der Waals surface area contributed by atoms with Crippen LogP contribution in [0, 0.1) is 13.8 Å². The number of amides is 1. The Balaban J connectivity index is 2.00. The number of carbonyl (C=O) groups excluding carboxylic acids is 1. The number of anilines is 2. The van der Waals surface area contributed by atoms with E-state index in [9.17, 15) is 4.79 Å². The van der Waals surface area contributed by atoms with E-state index in [4.69, 9.17) is 0 Å². The molecule has 0 spiro atoms. The van der Waals surface area contributed by atoms with E-state index in [1.54, 1.807) is 12.4 Å². The fraction of sp³-hybridized carbons (Fsp3) is 0.368. The molecule has 0 aliphatic carbocycles. The Bertz CT molecular complexity index is 698. The molecule has 1 aromatic carbocycles. The van der Waals surface area contributed by atoms with Crippen LogP contribution in [0.2, 0.25) is 0 Å². The van der Waals surface area contributed by atoms with Crippen molar-refractivity contribution in [1.82, 2.24) is 15.2 Å². The Morgan fingerprint density at radius 1 is 1.17 bits per heavy atom. The van der Waals surface area contributed by atoms with Crippen molar-refractivity contribution in [2.24, 2.45) is 0 Å². The Hall–Kier alpha value is -2.40. The van der Waals surface area contributed by atoms with Crippen LogP contribution in [0.15, 0.2) is 36.7 Å². The summed E-state index contributed by atoms with van der Waals surface area (Å²) in [6, 6.07) is 8.07. The molecule has 128 valence electrons. The maximum Gasteiger partial charge on any atom is 0.252 e. The summed E-state index contributed by atoms with van der Waals surface area (Å²) in [6.45, 7) is 5.72. The molecule has 1 amide bonds. The topological polar surface area (TPSA) is 57.3 Å². The van der Waals surface area contributed by atoms with Crippen LogP contribution >= 0.6 is 0 Å². The van der Waals surface area contributed by atoms with Crippen LogP contribution in [-0.2, 0) is 0 Å². The number of hydrogen-bond donors (Lipinski definition) is 2. The maximum atomic E-state index is 12.2. The molecule has 0 bridgehead atoms. The molecule has 0 saturated heterocycles. The van der Waals surface area contributed by atoms with Gasteiger partial charge in [-0.25, -0.2) is 0 Å². The first kappa shape index (κ1) is 17.9. The molecule has 0 fully saturated rings. The molecule has 0 atom stereocenters. The molecule has 0 saturated carbocycles. The van der Waals surface area contributed by atoms with Gasteiger partial charge in [0.25, 0.3) is 5.91 Å². The van der Waals surface area contributed by atoms with Crippen molar-refractivity contribution in [2.75, 3.05) is 32.5 Å². The van der Waals surface area contributed by atoms with E-state index < -0.39 is 0 Å². The largest absolute Gasteiger partial charge is 0.354 e. The summed E-state index contributed by atoms with van der Waals surface area (Å²) in [5.41, 5.74) is 4.74. The summed E-state index contributed by atoms with van der Waals surface area (Å²) in [6.07, 6.45) is 4.24. The Kier molecular flexibility index (Phi) is 6.32. The first-order valence-corrected chi connectivity index (χ1v) is 8.18. The highest BCUT2D eigenvalue weighted by atomic mass is 16.1. The minimum atomic E-state index is -0.0918. The highest BCUT2D eigenvalue weighted by molar-refractivity contribution is 5.94. The third-order valence-corrected chi connectivity index (χ3v) is 3.74. The maximum absolute atomic E-state index is 12.2. The second kappa shape index (κ2) is 8.45. The van der Waals surface area contributed by atoms with E-state index in [1.807, 2.05) is 20.2 Å². The average molecular weight is 326 g/mol. The van der Waals surface area contributed by atoms with Gasteiger partial charge in [0.2, 0.25) is 0 Å². The molecular formula is C19H26N4O. The van der Waals surface area contributed by atoms with Crippen LogP contribution in [0.5, 0.6) is 0 Å². The van der Waals surface area contributed by atoms with Crippen molar-refractivity contribution in [1.29, 1.82) is 0 Å². The van der Waals surface area contributed by atoms with Gasteiger partial charge in [0.05, 0.1) is 17.4 Å². The molecule has 5 nitrogen and oxygen atoms in total. The van der Waals surface area contributed by atoms with Crippen molar-refractivity contribution in [2.45, 2.75) is 20.3 Å². The number of carbonyl (C=O) groups is 1. The second-order valence-corrected chi connectivity index (χ2v) is 6.32. The molecule has 0 radical (unpaired) electrons. The van der Waals surface area contributed by atoms with Crippen molar-refractivity contribution < 1.29 is 4.79 Å². The Labute approximate surface area is 144 Å². The molecule has 1 aromatic heterocycles. The number of nitrogens with one attached hydrogen (secondary N) is 2. The van der Waals surface area contributed by atoms with E-state index in [0.717, 1.165) is 29.9 Å². The van der Waals surface area contributed by atoms with Gasteiger partial charge in [-0.15, -0.1) is 0 Å². The SMILES string of the molecule is Cc1ccc(C)c(Nc2cncc(C(=O)NCCCN(C)C)c2)c1. The molecular weight excluding hydrogens is 300 g/mol.